The van der Waals surface area contributed by atoms with E-state index >= 15 is 0 Å². The van der Waals surface area contributed by atoms with Gasteiger partial charge in [0.1, 0.15) is 0 Å². The number of thiophene rings is 1. The molecule has 1 nitrogen and oxygen atoms in total. The van der Waals surface area contributed by atoms with E-state index in [1.54, 1.807) is 11.3 Å². The van der Waals surface area contributed by atoms with Crippen molar-refractivity contribution in [2.45, 2.75) is 13.5 Å². The number of aryl methyl sites for hydroxylation is 1. The van der Waals surface area contributed by atoms with Crippen LogP contribution < -0.4 is 0 Å². The smallest absolute Gasteiger partial charge is 0.0931 e. The van der Waals surface area contributed by atoms with Crippen molar-refractivity contribution in [3.05, 3.63) is 57.4 Å². The topological polar surface area (TPSA) is 4.93 Å². The maximum Gasteiger partial charge on any atom is 0.0931 e. The third-order valence-corrected chi connectivity index (χ3v) is 4.10. The number of hydrogen-bond acceptors (Lipinski definition) is 1. The van der Waals surface area contributed by atoms with Crippen LogP contribution in [0.5, 0.6) is 0 Å². The highest BCUT2D eigenvalue weighted by molar-refractivity contribution is 7.16. The second kappa shape index (κ2) is 4.21. The van der Waals surface area contributed by atoms with Crippen LogP contribution in [-0.4, -0.2) is 4.57 Å². The van der Waals surface area contributed by atoms with Crippen molar-refractivity contribution in [1.29, 1.82) is 0 Å². The van der Waals surface area contributed by atoms with E-state index in [4.69, 9.17) is 11.6 Å². The van der Waals surface area contributed by atoms with Gasteiger partial charge in [0.05, 0.1) is 10.9 Å². The Kier molecular flexibility index (Phi) is 2.69. The molecule has 0 saturated carbocycles. The van der Waals surface area contributed by atoms with Crippen LogP contribution in [0.3, 0.4) is 0 Å². The minimum absolute atomic E-state index is 0.854. The van der Waals surface area contributed by atoms with Crippen LogP contribution in [-0.2, 0) is 6.54 Å². The Hall–Kier alpha value is -1.25. The van der Waals surface area contributed by atoms with Crippen molar-refractivity contribution in [1.82, 2.24) is 4.57 Å². The van der Waals surface area contributed by atoms with Crippen LogP contribution in [0, 0.1) is 6.92 Å². The van der Waals surface area contributed by atoms with Gasteiger partial charge in [-0.15, -0.1) is 11.3 Å². The van der Waals surface area contributed by atoms with E-state index in [2.05, 4.69) is 48.0 Å². The Balaban J connectivity index is 2.03. The van der Waals surface area contributed by atoms with Crippen molar-refractivity contribution in [3.8, 4) is 0 Å². The minimum Gasteiger partial charge on any atom is -0.342 e. The predicted molar refractivity (Wildman–Crippen MR) is 75.1 cm³/mol. The normalized spacial score (nSPS) is 11.2. The second-order valence-corrected chi connectivity index (χ2v) is 6.01. The molecule has 3 heteroatoms. The summed E-state index contributed by atoms with van der Waals surface area (Å²) in [5.74, 6) is 0. The first-order chi connectivity index (χ1) is 8.22. The molecule has 0 spiro atoms. The second-order valence-electron chi connectivity index (χ2n) is 4.21. The van der Waals surface area contributed by atoms with Crippen LogP contribution in [0.2, 0.25) is 4.34 Å². The average molecular weight is 262 g/mol. The lowest BCUT2D eigenvalue weighted by atomic mass is 10.2. The lowest BCUT2D eigenvalue weighted by Crippen LogP contribution is -1.95. The molecule has 2 heterocycles. The Morgan fingerprint density at radius 2 is 2.06 bits per heavy atom. The number of benzene rings is 1. The molecule has 3 rings (SSSR count). The molecule has 1 aromatic carbocycles. The fourth-order valence-corrected chi connectivity index (χ4v) is 3.12. The van der Waals surface area contributed by atoms with Gasteiger partial charge in [0, 0.05) is 16.6 Å². The van der Waals surface area contributed by atoms with Crippen molar-refractivity contribution in [3.63, 3.8) is 0 Å². The Labute approximate surface area is 109 Å². The summed E-state index contributed by atoms with van der Waals surface area (Å²) in [5.41, 5.74) is 2.58. The first-order valence-corrected chi connectivity index (χ1v) is 6.71. The number of aromatic nitrogens is 1. The standard InChI is InChI=1S/C14H12ClNS/c1-10-2-3-11-6-7-16(13(11)8-10)9-12-4-5-14(15)17-12/h2-8H,9H2,1H3. The highest BCUT2D eigenvalue weighted by atomic mass is 35.5. The first kappa shape index (κ1) is 10.9. The Bertz CT molecular complexity index is 666. The summed E-state index contributed by atoms with van der Waals surface area (Å²) in [7, 11) is 0. The number of halogens is 1. The molecule has 0 unspecified atom stereocenters. The van der Waals surface area contributed by atoms with E-state index in [0.29, 0.717) is 0 Å². The summed E-state index contributed by atoms with van der Waals surface area (Å²) >= 11 is 7.60. The highest BCUT2D eigenvalue weighted by Crippen LogP contribution is 2.24. The molecule has 17 heavy (non-hydrogen) atoms. The van der Waals surface area contributed by atoms with Gasteiger partial charge in [0.15, 0.2) is 0 Å². The van der Waals surface area contributed by atoms with Gasteiger partial charge in [-0.05, 0) is 42.1 Å². The minimum atomic E-state index is 0.854. The third kappa shape index (κ3) is 2.11. The van der Waals surface area contributed by atoms with E-state index in [1.165, 1.54) is 21.3 Å². The summed E-state index contributed by atoms with van der Waals surface area (Å²) < 4.78 is 3.12. The van der Waals surface area contributed by atoms with Crippen molar-refractivity contribution in [2.75, 3.05) is 0 Å². The zero-order valence-electron chi connectivity index (χ0n) is 9.48. The Morgan fingerprint density at radius 1 is 1.18 bits per heavy atom. The summed E-state index contributed by atoms with van der Waals surface area (Å²) in [6.07, 6.45) is 2.14. The molecule has 0 aliphatic carbocycles. The van der Waals surface area contributed by atoms with Gasteiger partial charge in [-0.1, -0.05) is 23.7 Å². The lowest BCUT2D eigenvalue weighted by molar-refractivity contribution is 0.851. The molecule has 0 aliphatic rings. The van der Waals surface area contributed by atoms with Gasteiger partial charge in [-0.3, -0.25) is 0 Å². The van der Waals surface area contributed by atoms with E-state index < -0.39 is 0 Å². The fourth-order valence-electron chi connectivity index (χ4n) is 2.04. The lowest BCUT2D eigenvalue weighted by Gasteiger charge is -2.04. The van der Waals surface area contributed by atoms with Crippen LogP contribution in [0.15, 0.2) is 42.6 Å². The van der Waals surface area contributed by atoms with E-state index in [0.717, 1.165) is 10.9 Å². The molecule has 0 N–H and O–H groups in total. The maximum atomic E-state index is 5.95. The molecule has 0 fully saturated rings. The molecule has 0 saturated heterocycles. The molecular formula is C14H12ClNS. The van der Waals surface area contributed by atoms with Gasteiger partial charge in [-0.2, -0.15) is 0 Å². The molecule has 0 aliphatic heterocycles. The fraction of sp³-hybridized carbons (Fsp3) is 0.143. The number of hydrogen-bond donors (Lipinski definition) is 0. The highest BCUT2D eigenvalue weighted by Gasteiger charge is 2.03. The zero-order valence-corrected chi connectivity index (χ0v) is 11.1. The maximum absolute atomic E-state index is 5.95. The van der Waals surface area contributed by atoms with Crippen LogP contribution in [0.4, 0.5) is 0 Å². The summed E-state index contributed by atoms with van der Waals surface area (Å²) in [6.45, 7) is 3.02. The number of nitrogens with zero attached hydrogens (tertiary/aromatic N) is 1. The summed E-state index contributed by atoms with van der Waals surface area (Å²) in [5, 5.41) is 1.29. The van der Waals surface area contributed by atoms with Gasteiger partial charge >= 0.3 is 0 Å². The molecule has 2 aromatic heterocycles. The zero-order chi connectivity index (χ0) is 11.8. The first-order valence-electron chi connectivity index (χ1n) is 5.52. The summed E-state index contributed by atoms with van der Waals surface area (Å²) in [4.78, 5) is 1.29. The SMILES string of the molecule is Cc1ccc2ccn(Cc3ccc(Cl)s3)c2c1. The number of rotatable bonds is 2. The van der Waals surface area contributed by atoms with E-state index in [-0.39, 0.29) is 0 Å². The molecule has 86 valence electrons. The van der Waals surface area contributed by atoms with Crippen LogP contribution >= 0.6 is 22.9 Å². The van der Waals surface area contributed by atoms with E-state index in [9.17, 15) is 0 Å². The van der Waals surface area contributed by atoms with E-state index in [1.807, 2.05) is 6.07 Å². The largest absolute Gasteiger partial charge is 0.342 e. The predicted octanol–water partition coefficient (Wildman–Crippen LogP) is 4.71. The monoisotopic (exact) mass is 261 g/mol. The van der Waals surface area contributed by atoms with Gasteiger partial charge in [0.25, 0.3) is 0 Å². The quantitative estimate of drug-likeness (QED) is 0.629. The molecule has 0 bridgehead atoms. The van der Waals surface area contributed by atoms with Gasteiger partial charge in [-0.25, -0.2) is 0 Å². The molecular weight excluding hydrogens is 250 g/mol. The van der Waals surface area contributed by atoms with Gasteiger partial charge in [0.2, 0.25) is 0 Å². The molecule has 0 radical (unpaired) electrons. The van der Waals surface area contributed by atoms with Crippen LogP contribution in [0.25, 0.3) is 10.9 Å². The number of fused-ring (bicyclic) bond motifs is 1. The molecule has 0 amide bonds. The Morgan fingerprint density at radius 3 is 2.82 bits per heavy atom. The third-order valence-electron chi connectivity index (χ3n) is 2.88. The molecule has 3 aromatic rings. The van der Waals surface area contributed by atoms with Crippen LogP contribution in [0.1, 0.15) is 10.4 Å². The average Bonchev–Trinajstić information content (AvgIpc) is 2.87. The molecule has 0 atom stereocenters. The van der Waals surface area contributed by atoms with Crippen molar-refractivity contribution < 1.29 is 0 Å². The van der Waals surface area contributed by atoms with Crippen molar-refractivity contribution in [2.24, 2.45) is 0 Å². The van der Waals surface area contributed by atoms with Crippen molar-refractivity contribution >= 4 is 33.8 Å². The van der Waals surface area contributed by atoms with Gasteiger partial charge < -0.3 is 4.57 Å². The summed E-state index contributed by atoms with van der Waals surface area (Å²) in [6, 6.07) is 12.7.